The van der Waals surface area contributed by atoms with E-state index in [9.17, 15) is 23.1 Å². The van der Waals surface area contributed by atoms with E-state index < -0.39 is 27.9 Å². The fourth-order valence-electron chi connectivity index (χ4n) is 8.20. The van der Waals surface area contributed by atoms with E-state index in [4.69, 9.17) is 31.2 Å². The number of nitrogens with zero attached hydrogens (tertiary/aromatic N) is 5. The molecule has 1 aromatic heterocycles. The molecule has 3 aromatic carbocycles. The minimum atomic E-state index is -3.62. The second kappa shape index (κ2) is 20.1. The Bertz CT molecular complexity index is 2600. The number of hydrogen-bond donors (Lipinski definition) is 3. The molecule has 4 aromatic rings. The van der Waals surface area contributed by atoms with Gasteiger partial charge in [-0.15, -0.1) is 0 Å². The normalized spacial score (nSPS) is 20.7. The summed E-state index contributed by atoms with van der Waals surface area (Å²) < 4.78 is 32.7. The molecule has 2 unspecified atom stereocenters. The van der Waals surface area contributed by atoms with Crippen molar-refractivity contribution >= 4 is 68.4 Å². The van der Waals surface area contributed by atoms with Crippen LogP contribution in [0, 0.1) is 24.3 Å². The average Bonchev–Trinajstić information content (AvgIpc) is 3.90. The number of ether oxygens (including phenoxy) is 1. The predicted molar refractivity (Wildman–Crippen MR) is 236 cm³/mol. The molecule has 3 aliphatic rings. The molecule has 2 atom stereocenters. The smallest absolute Gasteiger partial charge is 0.343 e. The molecule has 0 bridgehead atoms. The van der Waals surface area contributed by atoms with Gasteiger partial charge in [-0.05, 0) is 90.2 Å². The number of hydrogen-bond acceptors (Lipinski definition) is 8. The van der Waals surface area contributed by atoms with Crippen LogP contribution in [0.2, 0.25) is 0 Å². The molecule has 62 heavy (non-hydrogen) atoms. The summed E-state index contributed by atoms with van der Waals surface area (Å²) in [6.45, 7) is 16.1. The summed E-state index contributed by atoms with van der Waals surface area (Å²) in [6, 6.07) is 24.6. The Kier molecular flexibility index (Phi) is 15.2. The Morgan fingerprint density at radius 3 is 2.16 bits per heavy atom. The second-order valence-electron chi connectivity index (χ2n) is 15.6. The zero-order chi connectivity index (χ0) is 44.0. The molecule has 0 radical (unpaired) electrons. The van der Waals surface area contributed by atoms with Crippen LogP contribution in [0.4, 0.5) is 17.2 Å². The summed E-state index contributed by atoms with van der Waals surface area (Å²) in [5, 5.41) is 18.9. The number of benzene rings is 3. The van der Waals surface area contributed by atoms with Crippen LogP contribution in [0.25, 0.3) is 27.6 Å². The number of amides is 1. The van der Waals surface area contributed by atoms with Crippen molar-refractivity contribution < 1.29 is 57.2 Å². The van der Waals surface area contributed by atoms with Crippen LogP contribution in [-0.2, 0) is 48.6 Å². The molecule has 14 nitrogen and oxygen atoms in total. The van der Waals surface area contributed by atoms with Gasteiger partial charge >= 0.3 is 5.97 Å². The minimum Gasteiger partial charge on any atom is -0.493 e. The van der Waals surface area contributed by atoms with Crippen molar-refractivity contribution in [3.8, 4) is 11.1 Å². The number of rotatable bonds is 9. The number of esters is 1. The molecular weight excluding hydrogens is 862 g/mol. The van der Waals surface area contributed by atoms with Crippen LogP contribution < -0.4 is 14.6 Å². The Labute approximate surface area is 374 Å². The van der Waals surface area contributed by atoms with Crippen molar-refractivity contribution in [3.63, 3.8) is 0 Å². The van der Waals surface area contributed by atoms with Gasteiger partial charge in [0.05, 0.1) is 18.5 Å². The number of aliphatic imine (C=N–C) groups is 2. The van der Waals surface area contributed by atoms with Crippen molar-refractivity contribution in [3.05, 3.63) is 124 Å². The van der Waals surface area contributed by atoms with Crippen molar-refractivity contribution in [1.29, 1.82) is 0 Å². The summed E-state index contributed by atoms with van der Waals surface area (Å²) >= 11 is 0. The van der Waals surface area contributed by atoms with Crippen molar-refractivity contribution in [2.75, 3.05) is 22.4 Å². The van der Waals surface area contributed by atoms with E-state index in [1.807, 2.05) is 60.7 Å². The van der Waals surface area contributed by atoms with Gasteiger partial charge in [-0.2, -0.15) is 4.99 Å². The van der Waals surface area contributed by atoms with Crippen LogP contribution in [-0.4, -0.2) is 67.1 Å². The molecular formula is C46H47N6O8SZn-. The van der Waals surface area contributed by atoms with E-state index in [1.165, 1.54) is 12.1 Å². The maximum atomic E-state index is 14.7. The van der Waals surface area contributed by atoms with E-state index >= 15 is 0 Å². The molecule has 1 saturated heterocycles. The number of carbonyl (C=O) groups excluding carboxylic acids is 2. The number of anilines is 2. The first-order valence-electron chi connectivity index (χ1n) is 19.9. The Morgan fingerprint density at radius 1 is 0.984 bits per heavy atom. The zero-order valence-corrected chi connectivity index (χ0v) is 39.0. The molecule has 1 aliphatic carbocycles. The fraction of sp³-hybridized carbons (Fsp3) is 0.304. The molecule has 2 fully saturated rings. The first-order valence-corrected chi connectivity index (χ1v) is 21.7. The zero-order valence-electron chi connectivity index (χ0n) is 35.2. The number of aliphatic hydroxyl groups excluding tert-OH is 1. The number of carboxylic acids is 1. The minimum absolute atomic E-state index is 0. The van der Waals surface area contributed by atoms with Crippen LogP contribution in [0.15, 0.2) is 106 Å². The Balaban J connectivity index is 0.00000139. The molecule has 2 aliphatic heterocycles. The third-order valence-electron chi connectivity index (χ3n) is 10.5. The monoisotopic (exact) mass is 907 g/mol. The average molecular weight is 909 g/mol. The van der Waals surface area contributed by atoms with E-state index in [0.29, 0.717) is 53.3 Å². The number of amidine groups is 1. The number of carbonyl (C=O) groups is 3. The molecule has 3 heterocycles. The Hall–Kier alpha value is -6.17. The van der Waals surface area contributed by atoms with Gasteiger partial charge in [-0.3, -0.25) is 14.3 Å². The van der Waals surface area contributed by atoms with Crippen molar-refractivity contribution in [2.45, 2.75) is 59.5 Å². The summed E-state index contributed by atoms with van der Waals surface area (Å²) in [6.07, 6.45) is 5.11. The summed E-state index contributed by atoms with van der Waals surface area (Å²) in [5.41, 5.74) is 3.48. The molecule has 16 heteroatoms. The standard InChI is InChI=1S/C44H44N6O6S.C2H4O2.Zn/c1-26-22-27(2)40(28(3)23-26)56-44(53)38-36(29-14-8-6-9-15-29)33(46-41(38)48-43(52)31-18-12-19-32(24-31)49-57(5,54)55)25-34-37(30-16-10-7-11-17-30)39(45-4)42(47-34)50-21-13-20-35(50)51;1-2(3)4;/h6-12,14-19,24-28,40,49H,13,20-23H2,1-3,5H3,(H2,46,47,48,52,53);1H3,(H,3,4);/p-1. The van der Waals surface area contributed by atoms with Gasteiger partial charge in [0.2, 0.25) is 15.9 Å². The van der Waals surface area contributed by atoms with Crippen molar-refractivity contribution in [1.82, 2.24) is 4.98 Å². The van der Waals surface area contributed by atoms with E-state index in [0.717, 1.165) is 26.0 Å². The van der Waals surface area contributed by atoms with Gasteiger partial charge < -0.3 is 24.8 Å². The number of aliphatic carboxylic acids is 1. The first kappa shape index (κ1) is 46.9. The third-order valence-corrected chi connectivity index (χ3v) is 11.1. The van der Waals surface area contributed by atoms with E-state index in [-0.39, 0.29) is 83.2 Å². The maximum absolute atomic E-state index is 14.7. The number of aliphatic hydroxyl groups is 1. The topological polar surface area (TPSA) is 193 Å². The van der Waals surface area contributed by atoms with Crippen LogP contribution >= 0.6 is 0 Å². The van der Waals surface area contributed by atoms with Crippen LogP contribution in [0.5, 0.6) is 0 Å². The number of nitrogens with one attached hydrogen (secondary N) is 1. The van der Waals surface area contributed by atoms with Gasteiger partial charge in [0.1, 0.15) is 17.6 Å². The molecule has 1 amide bonds. The first-order chi connectivity index (χ1) is 29.0. The number of allylic oxidation sites excluding steroid dienone is 1. The quantitative estimate of drug-likeness (QED) is 0.0487. The van der Waals surface area contributed by atoms with Crippen molar-refractivity contribution in [2.24, 2.45) is 27.7 Å². The fourth-order valence-corrected chi connectivity index (χ4v) is 8.75. The van der Waals surface area contributed by atoms with Gasteiger partial charge in [0.25, 0.3) is 5.97 Å². The summed E-state index contributed by atoms with van der Waals surface area (Å²) in [7, 11) is -3.62. The van der Waals surface area contributed by atoms with Gasteiger partial charge in [0.15, 0.2) is 11.5 Å². The van der Waals surface area contributed by atoms with Crippen LogP contribution in [0.3, 0.4) is 0 Å². The van der Waals surface area contributed by atoms with E-state index in [2.05, 4.69) is 35.3 Å². The van der Waals surface area contributed by atoms with Gasteiger partial charge in [-0.1, -0.05) is 93.3 Å². The predicted octanol–water partition coefficient (Wildman–Crippen LogP) is 8.27. The number of aromatic nitrogens is 1. The van der Waals surface area contributed by atoms with Gasteiger partial charge in [-0.25, -0.2) is 23.0 Å². The number of sulfonamides is 1. The SMILES string of the molecule is CC(=O)O.[C-]#[N+]c1c(N2CCCC2=O)[n-]c(/C=C2\N=C(N=C(O)c3cccc(NS(C)(=O)=O)c3)C(C(=O)OC3C(C)CC(C)CC3C)=C2c2ccccc2)c1-c1ccccc1.[Zn]. The number of carboxylic acid groups (broad SMARTS) is 1. The largest absolute Gasteiger partial charge is 0.493 e. The molecule has 0 spiro atoms. The molecule has 7 rings (SSSR count). The molecule has 1 saturated carbocycles. The molecule has 318 valence electrons. The summed E-state index contributed by atoms with van der Waals surface area (Å²) in [4.78, 5) is 56.4. The van der Waals surface area contributed by atoms with Crippen LogP contribution in [0.1, 0.15) is 70.2 Å². The second-order valence-corrected chi connectivity index (χ2v) is 17.3. The molecule has 3 N–H and O–H groups in total. The Morgan fingerprint density at radius 2 is 1.60 bits per heavy atom. The maximum Gasteiger partial charge on any atom is 0.343 e. The third kappa shape index (κ3) is 11.0. The summed E-state index contributed by atoms with van der Waals surface area (Å²) in [5.74, 6) is -1.33. The van der Waals surface area contributed by atoms with E-state index in [1.54, 1.807) is 23.1 Å². The van der Waals surface area contributed by atoms with Gasteiger partial charge in [0, 0.05) is 49.6 Å².